The molecule has 1 atom stereocenters. The maximum absolute atomic E-state index is 8.36. The predicted octanol–water partition coefficient (Wildman–Crippen LogP) is 5.53. The maximum atomic E-state index is 8.36. The first kappa shape index (κ1) is 18.9. The van der Waals surface area contributed by atoms with E-state index in [1.807, 2.05) is 30.3 Å². The molecule has 1 aliphatic rings. The van der Waals surface area contributed by atoms with Crippen molar-refractivity contribution in [1.29, 1.82) is 0 Å². The van der Waals surface area contributed by atoms with E-state index in [0.29, 0.717) is 0 Å². The van der Waals surface area contributed by atoms with Crippen LogP contribution in [0.25, 0.3) is 11.3 Å². The molecule has 1 heterocycles. The van der Waals surface area contributed by atoms with Crippen molar-refractivity contribution in [3.63, 3.8) is 0 Å². The lowest BCUT2D eigenvalue weighted by molar-refractivity contribution is -0.742. The first-order chi connectivity index (χ1) is 13.6. The number of hydrogen-bond acceptors (Lipinski definition) is 3. The summed E-state index contributed by atoms with van der Waals surface area (Å²) in [5, 5.41) is 13.6. The molecule has 4 rings (SSSR count). The Bertz CT molecular complexity index is 963. The van der Waals surface area contributed by atoms with Crippen LogP contribution in [0, 0.1) is 10.1 Å². The zero-order chi connectivity index (χ0) is 19.8. The molecule has 0 fully saturated rings. The molecule has 5 heteroatoms. The number of allylic oxidation sites excluding steroid dienone is 2. The quantitative estimate of drug-likeness (QED) is 0.484. The van der Waals surface area contributed by atoms with E-state index in [1.165, 1.54) is 11.1 Å². The lowest BCUT2D eigenvalue weighted by Gasteiger charge is -2.24. The number of nitrogens with zero attached hydrogens (tertiary/aromatic N) is 1. The molecule has 0 amide bonds. The number of hydrogen-bond donors (Lipinski definition) is 1. The second-order valence-corrected chi connectivity index (χ2v) is 6.05. The van der Waals surface area contributed by atoms with Gasteiger partial charge in [0.1, 0.15) is 11.9 Å². The van der Waals surface area contributed by atoms with Crippen molar-refractivity contribution < 1.29 is 15.0 Å². The highest BCUT2D eigenvalue weighted by atomic mass is 16.9. The zero-order valence-corrected chi connectivity index (χ0v) is 15.0. The van der Waals surface area contributed by atoms with Gasteiger partial charge in [0.15, 0.2) is 0 Å². The summed E-state index contributed by atoms with van der Waals surface area (Å²) in [7, 11) is 0. The topological polar surface area (TPSA) is 72.6 Å². The van der Waals surface area contributed by atoms with Crippen LogP contribution in [0.5, 0.6) is 0 Å². The van der Waals surface area contributed by atoms with Crippen molar-refractivity contribution in [2.75, 3.05) is 0 Å². The summed E-state index contributed by atoms with van der Waals surface area (Å²) in [6.07, 6.45) is 4.24. The Balaban J connectivity index is 0.000000516. The van der Waals surface area contributed by atoms with Crippen LogP contribution in [0.3, 0.4) is 0 Å². The fraction of sp³-hybridized carbons (Fsp3) is 0.0435. The number of benzene rings is 3. The van der Waals surface area contributed by atoms with Crippen LogP contribution in [0.1, 0.15) is 22.8 Å². The number of ether oxygens (including phenoxy) is 1. The average molecular weight is 373 g/mol. The Labute approximate surface area is 163 Å². The van der Waals surface area contributed by atoms with E-state index in [0.717, 1.165) is 16.9 Å². The van der Waals surface area contributed by atoms with Gasteiger partial charge in [0, 0.05) is 5.56 Å². The lowest BCUT2D eigenvalue weighted by Crippen LogP contribution is -2.06. The molecule has 1 N–H and O–H groups in total. The Hall–Kier alpha value is -3.86. The third-order valence-electron chi connectivity index (χ3n) is 4.16. The van der Waals surface area contributed by atoms with Gasteiger partial charge in [-0.15, -0.1) is 10.1 Å². The number of rotatable bonds is 3. The lowest BCUT2D eigenvalue weighted by atomic mass is 9.97. The highest BCUT2D eigenvalue weighted by Gasteiger charge is 2.19. The van der Waals surface area contributed by atoms with Gasteiger partial charge in [0.05, 0.1) is 0 Å². The van der Waals surface area contributed by atoms with Gasteiger partial charge in [-0.25, -0.2) is 0 Å². The highest BCUT2D eigenvalue weighted by molar-refractivity contribution is 5.83. The zero-order valence-electron chi connectivity index (χ0n) is 15.0. The second kappa shape index (κ2) is 9.19. The molecular weight excluding hydrogens is 354 g/mol. The minimum atomic E-state index is -1.50. The average Bonchev–Trinajstić information content (AvgIpc) is 2.75. The molecule has 5 nitrogen and oxygen atoms in total. The van der Waals surface area contributed by atoms with E-state index in [4.69, 9.17) is 20.1 Å². The Morgan fingerprint density at radius 3 is 1.79 bits per heavy atom. The first-order valence-corrected chi connectivity index (χ1v) is 8.73. The molecule has 0 aromatic heterocycles. The summed E-state index contributed by atoms with van der Waals surface area (Å²) >= 11 is 0. The summed E-state index contributed by atoms with van der Waals surface area (Å²) in [4.78, 5) is 8.36. The first-order valence-electron chi connectivity index (χ1n) is 8.73. The van der Waals surface area contributed by atoms with Gasteiger partial charge in [-0.05, 0) is 28.9 Å². The van der Waals surface area contributed by atoms with Crippen LogP contribution in [-0.4, -0.2) is 10.3 Å². The van der Waals surface area contributed by atoms with Crippen molar-refractivity contribution in [3.8, 4) is 0 Å². The van der Waals surface area contributed by atoms with Gasteiger partial charge in [-0.2, -0.15) is 0 Å². The van der Waals surface area contributed by atoms with Crippen molar-refractivity contribution in [1.82, 2.24) is 0 Å². The molecule has 0 saturated heterocycles. The third-order valence-corrected chi connectivity index (χ3v) is 4.16. The molecular formula is C23H19NO4. The van der Waals surface area contributed by atoms with Crippen molar-refractivity contribution in [2.45, 2.75) is 6.10 Å². The van der Waals surface area contributed by atoms with Gasteiger partial charge in [0.2, 0.25) is 0 Å². The smallest absolute Gasteiger partial charge is 0.291 e. The maximum Gasteiger partial charge on any atom is 0.291 e. The highest BCUT2D eigenvalue weighted by Crippen LogP contribution is 2.36. The molecule has 140 valence electrons. The minimum Gasteiger partial charge on any atom is -0.481 e. The molecule has 0 aliphatic carbocycles. The van der Waals surface area contributed by atoms with Crippen molar-refractivity contribution >= 4 is 11.3 Å². The van der Waals surface area contributed by atoms with Gasteiger partial charge in [-0.3, -0.25) is 0 Å². The van der Waals surface area contributed by atoms with E-state index >= 15 is 0 Å². The fourth-order valence-corrected chi connectivity index (χ4v) is 2.93. The SMILES string of the molecule is C1=C(c2ccccc2)C=C(c2ccccc2)OC1c1ccccc1.O=[N+]([O-])O. The third kappa shape index (κ3) is 5.08. The van der Waals surface area contributed by atoms with Crippen molar-refractivity contribution in [3.05, 3.63) is 130 Å². The van der Waals surface area contributed by atoms with E-state index in [9.17, 15) is 0 Å². The summed E-state index contributed by atoms with van der Waals surface area (Å²) < 4.78 is 6.29. The standard InChI is InChI=1S/C23H18O.HNO3/c1-4-10-18(11-5-1)21-16-22(19-12-6-2-7-13-19)24-23(17-21)20-14-8-3-9-15-20;2-1(3)4/h1-17,22H;(H,2,3,4). The van der Waals surface area contributed by atoms with Crippen LogP contribution < -0.4 is 0 Å². The van der Waals surface area contributed by atoms with Gasteiger partial charge < -0.3 is 9.94 Å². The molecule has 0 spiro atoms. The monoisotopic (exact) mass is 373 g/mol. The normalized spacial score (nSPS) is 15.2. The summed E-state index contributed by atoms with van der Waals surface area (Å²) in [5.41, 5.74) is 4.65. The molecule has 0 saturated carbocycles. The molecule has 0 bridgehead atoms. The molecule has 1 unspecified atom stereocenters. The van der Waals surface area contributed by atoms with Crippen LogP contribution in [0.2, 0.25) is 0 Å². The Kier molecular flexibility index (Phi) is 6.21. The molecule has 1 aliphatic heterocycles. The molecule has 3 aromatic rings. The van der Waals surface area contributed by atoms with Crippen LogP contribution in [-0.2, 0) is 4.74 Å². The van der Waals surface area contributed by atoms with Crippen LogP contribution in [0.15, 0.2) is 103 Å². The van der Waals surface area contributed by atoms with Crippen LogP contribution >= 0.6 is 0 Å². The van der Waals surface area contributed by atoms with Gasteiger partial charge in [-0.1, -0.05) is 91.0 Å². The van der Waals surface area contributed by atoms with Gasteiger partial charge >= 0.3 is 0 Å². The van der Waals surface area contributed by atoms with E-state index < -0.39 is 5.09 Å². The molecule has 3 aromatic carbocycles. The molecule has 0 radical (unpaired) electrons. The van der Waals surface area contributed by atoms with E-state index in [2.05, 4.69) is 72.8 Å². The summed E-state index contributed by atoms with van der Waals surface area (Å²) in [6, 6.07) is 31.1. The minimum absolute atomic E-state index is 0.0818. The van der Waals surface area contributed by atoms with Crippen LogP contribution in [0.4, 0.5) is 0 Å². The largest absolute Gasteiger partial charge is 0.481 e. The van der Waals surface area contributed by atoms with E-state index in [-0.39, 0.29) is 6.10 Å². The van der Waals surface area contributed by atoms with Gasteiger partial charge in [0.25, 0.3) is 5.09 Å². The summed E-state index contributed by atoms with van der Waals surface area (Å²) in [6.45, 7) is 0. The predicted molar refractivity (Wildman–Crippen MR) is 108 cm³/mol. The van der Waals surface area contributed by atoms with E-state index in [1.54, 1.807) is 0 Å². The Morgan fingerprint density at radius 2 is 1.25 bits per heavy atom. The summed E-state index contributed by atoms with van der Waals surface area (Å²) in [5.74, 6) is 0.908. The Morgan fingerprint density at radius 1 is 0.786 bits per heavy atom. The molecule has 28 heavy (non-hydrogen) atoms. The van der Waals surface area contributed by atoms with Crippen molar-refractivity contribution in [2.24, 2.45) is 0 Å². The fourth-order valence-electron chi connectivity index (χ4n) is 2.93. The second-order valence-electron chi connectivity index (χ2n) is 6.05.